The second-order valence-electron chi connectivity index (χ2n) is 7.12. The maximum absolute atomic E-state index is 12.4. The summed E-state index contributed by atoms with van der Waals surface area (Å²) >= 11 is 6.05. The molecule has 1 amide bonds. The minimum Gasteiger partial charge on any atom is -0.478 e. The maximum Gasteiger partial charge on any atom is 0.490 e. The summed E-state index contributed by atoms with van der Waals surface area (Å²) in [6, 6.07) is 21.3. The van der Waals surface area contributed by atoms with Gasteiger partial charge < -0.3 is 20.4 Å². The lowest BCUT2D eigenvalue weighted by Crippen LogP contribution is -2.21. The standard InChI is InChI=1S/C22H19ClN2O3.C2HF3O2/c1-25(14-15-7-3-2-4-8-15)20-12-11-16(13-18(20)22(27)28)24-21(26)17-9-5-6-10-19(17)23;3-2(4,5)1(6)7/h2-13H,14H2,1H3,(H,24,26)(H,27,28);(H,6,7). The number of carbonyl (C=O) groups is 3. The Kier molecular flexibility index (Phi) is 9.24. The topological polar surface area (TPSA) is 107 Å². The molecule has 0 aliphatic heterocycles. The SMILES string of the molecule is CN(Cc1ccccc1)c1ccc(NC(=O)c2ccccc2Cl)cc1C(=O)O.O=C(O)C(F)(F)F. The molecule has 0 aliphatic carbocycles. The Hall–Kier alpha value is -4.05. The van der Waals surface area contributed by atoms with Gasteiger partial charge in [0.15, 0.2) is 0 Å². The normalized spacial score (nSPS) is 10.5. The molecule has 184 valence electrons. The van der Waals surface area contributed by atoms with E-state index in [0.29, 0.717) is 28.5 Å². The zero-order valence-electron chi connectivity index (χ0n) is 18.2. The molecular formula is C24H20ClF3N2O5. The molecule has 0 radical (unpaired) electrons. The van der Waals surface area contributed by atoms with E-state index >= 15 is 0 Å². The first-order valence-corrected chi connectivity index (χ1v) is 10.3. The third kappa shape index (κ3) is 8.04. The Bertz CT molecular complexity index is 1200. The maximum atomic E-state index is 12.4. The lowest BCUT2D eigenvalue weighted by atomic mass is 10.1. The number of aliphatic carboxylic acids is 1. The van der Waals surface area contributed by atoms with Crippen molar-refractivity contribution in [3.8, 4) is 0 Å². The van der Waals surface area contributed by atoms with Gasteiger partial charge in [-0.1, -0.05) is 54.1 Å². The van der Waals surface area contributed by atoms with Crippen LogP contribution < -0.4 is 10.2 Å². The van der Waals surface area contributed by atoms with Crippen LogP contribution in [0.5, 0.6) is 0 Å². The first-order chi connectivity index (χ1) is 16.4. The molecule has 7 nitrogen and oxygen atoms in total. The van der Waals surface area contributed by atoms with Gasteiger partial charge in [0, 0.05) is 19.3 Å². The molecule has 0 bridgehead atoms. The number of nitrogens with zero attached hydrogens (tertiary/aromatic N) is 1. The van der Waals surface area contributed by atoms with Gasteiger partial charge in [-0.05, 0) is 35.9 Å². The highest BCUT2D eigenvalue weighted by molar-refractivity contribution is 6.34. The molecule has 0 heterocycles. The summed E-state index contributed by atoms with van der Waals surface area (Å²) in [5.74, 6) is -4.22. The van der Waals surface area contributed by atoms with E-state index in [1.54, 1.807) is 36.4 Å². The molecule has 3 rings (SSSR count). The molecule has 0 saturated carbocycles. The van der Waals surface area contributed by atoms with Gasteiger partial charge in [0.1, 0.15) is 0 Å². The van der Waals surface area contributed by atoms with Crippen LogP contribution in [0.15, 0.2) is 72.8 Å². The Labute approximate surface area is 203 Å². The largest absolute Gasteiger partial charge is 0.490 e. The number of anilines is 2. The van der Waals surface area contributed by atoms with Crippen LogP contribution in [0.1, 0.15) is 26.3 Å². The minimum absolute atomic E-state index is 0.107. The smallest absolute Gasteiger partial charge is 0.478 e. The average Bonchev–Trinajstić information content (AvgIpc) is 2.79. The predicted molar refractivity (Wildman–Crippen MR) is 125 cm³/mol. The van der Waals surface area contributed by atoms with Gasteiger partial charge in [0.25, 0.3) is 5.91 Å². The molecule has 3 N–H and O–H groups in total. The van der Waals surface area contributed by atoms with Crippen molar-refractivity contribution in [3.63, 3.8) is 0 Å². The lowest BCUT2D eigenvalue weighted by molar-refractivity contribution is -0.192. The monoisotopic (exact) mass is 508 g/mol. The Balaban J connectivity index is 0.000000540. The summed E-state index contributed by atoms with van der Waals surface area (Å²) in [6.07, 6.45) is -5.08. The van der Waals surface area contributed by atoms with Crippen molar-refractivity contribution in [1.82, 2.24) is 0 Å². The fraction of sp³-hybridized carbons (Fsp3) is 0.125. The highest BCUT2D eigenvalue weighted by atomic mass is 35.5. The van der Waals surface area contributed by atoms with Crippen molar-refractivity contribution in [2.24, 2.45) is 0 Å². The van der Waals surface area contributed by atoms with Gasteiger partial charge in [-0.3, -0.25) is 4.79 Å². The number of aromatic carboxylic acids is 1. The van der Waals surface area contributed by atoms with Gasteiger partial charge in [0.2, 0.25) is 0 Å². The summed E-state index contributed by atoms with van der Waals surface area (Å²) in [6.45, 7) is 0.562. The number of carbonyl (C=O) groups excluding carboxylic acids is 1. The minimum atomic E-state index is -5.08. The third-order valence-corrected chi connectivity index (χ3v) is 4.85. The molecule has 0 saturated heterocycles. The molecule has 0 fully saturated rings. The lowest BCUT2D eigenvalue weighted by Gasteiger charge is -2.22. The molecule has 35 heavy (non-hydrogen) atoms. The fourth-order valence-corrected chi connectivity index (χ4v) is 3.13. The number of nitrogens with one attached hydrogen (secondary N) is 1. The van der Waals surface area contributed by atoms with Crippen molar-refractivity contribution in [2.75, 3.05) is 17.3 Å². The summed E-state index contributed by atoms with van der Waals surface area (Å²) < 4.78 is 31.7. The predicted octanol–water partition coefficient (Wildman–Crippen LogP) is 5.56. The zero-order valence-corrected chi connectivity index (χ0v) is 19.0. The Morgan fingerprint density at radius 1 is 0.914 bits per heavy atom. The van der Waals surface area contributed by atoms with Gasteiger partial charge >= 0.3 is 18.1 Å². The number of hydrogen-bond acceptors (Lipinski definition) is 4. The van der Waals surface area contributed by atoms with Crippen LogP contribution in [-0.2, 0) is 11.3 Å². The molecule has 0 unspecified atom stereocenters. The number of benzene rings is 3. The van der Waals surface area contributed by atoms with Crippen LogP contribution in [0.25, 0.3) is 0 Å². The second kappa shape index (κ2) is 11.9. The van der Waals surface area contributed by atoms with Crippen LogP contribution in [0.4, 0.5) is 24.5 Å². The Morgan fingerprint density at radius 2 is 1.49 bits per heavy atom. The average molecular weight is 509 g/mol. The van der Waals surface area contributed by atoms with Gasteiger partial charge in [-0.25, -0.2) is 9.59 Å². The molecule has 0 atom stereocenters. The van der Waals surface area contributed by atoms with E-state index in [1.807, 2.05) is 42.3 Å². The summed E-state index contributed by atoms with van der Waals surface area (Å²) in [5.41, 5.74) is 2.45. The first-order valence-electron chi connectivity index (χ1n) is 9.88. The Morgan fingerprint density at radius 3 is 2.03 bits per heavy atom. The number of rotatable bonds is 6. The van der Waals surface area contributed by atoms with E-state index in [1.165, 1.54) is 6.07 Å². The molecule has 3 aromatic carbocycles. The van der Waals surface area contributed by atoms with Gasteiger partial charge in [-0.2, -0.15) is 13.2 Å². The van der Waals surface area contributed by atoms with E-state index < -0.39 is 24.0 Å². The van der Waals surface area contributed by atoms with Crippen molar-refractivity contribution in [2.45, 2.75) is 12.7 Å². The van der Waals surface area contributed by atoms with Crippen LogP contribution in [0.2, 0.25) is 5.02 Å². The van der Waals surface area contributed by atoms with Crippen LogP contribution in [0.3, 0.4) is 0 Å². The van der Waals surface area contributed by atoms with E-state index in [2.05, 4.69) is 5.32 Å². The number of amides is 1. The fourth-order valence-electron chi connectivity index (χ4n) is 2.90. The van der Waals surface area contributed by atoms with E-state index in [4.69, 9.17) is 21.5 Å². The van der Waals surface area contributed by atoms with Crippen molar-refractivity contribution >= 4 is 40.8 Å². The van der Waals surface area contributed by atoms with E-state index in [-0.39, 0.29) is 5.56 Å². The summed E-state index contributed by atoms with van der Waals surface area (Å²) in [4.78, 5) is 35.0. The number of carboxylic acid groups (broad SMARTS) is 2. The number of carboxylic acids is 2. The van der Waals surface area contributed by atoms with Crippen molar-refractivity contribution in [1.29, 1.82) is 0 Å². The van der Waals surface area contributed by atoms with Crippen LogP contribution in [-0.4, -0.2) is 41.3 Å². The highest BCUT2D eigenvalue weighted by Gasteiger charge is 2.38. The summed E-state index contributed by atoms with van der Waals surface area (Å²) in [7, 11) is 1.83. The molecule has 0 spiro atoms. The van der Waals surface area contributed by atoms with E-state index in [0.717, 1.165) is 5.56 Å². The number of alkyl halides is 3. The van der Waals surface area contributed by atoms with Crippen molar-refractivity contribution in [3.05, 3.63) is 94.5 Å². The number of hydrogen-bond donors (Lipinski definition) is 3. The number of halogens is 4. The third-order valence-electron chi connectivity index (χ3n) is 4.52. The van der Waals surface area contributed by atoms with Gasteiger partial charge in [-0.15, -0.1) is 0 Å². The first kappa shape index (κ1) is 27.2. The quantitative estimate of drug-likeness (QED) is 0.402. The zero-order chi connectivity index (χ0) is 26.2. The second-order valence-corrected chi connectivity index (χ2v) is 7.52. The molecule has 0 aliphatic rings. The molecular weight excluding hydrogens is 489 g/mol. The van der Waals surface area contributed by atoms with E-state index in [9.17, 15) is 27.9 Å². The summed E-state index contributed by atoms with van der Waals surface area (Å²) in [5, 5.41) is 19.8. The molecule has 11 heteroatoms. The van der Waals surface area contributed by atoms with Crippen molar-refractivity contribution < 1.29 is 37.8 Å². The molecule has 0 aromatic heterocycles. The van der Waals surface area contributed by atoms with Crippen LogP contribution in [0, 0.1) is 0 Å². The highest BCUT2D eigenvalue weighted by Crippen LogP contribution is 2.26. The molecule has 3 aromatic rings. The van der Waals surface area contributed by atoms with Crippen LogP contribution >= 0.6 is 11.6 Å². The van der Waals surface area contributed by atoms with Gasteiger partial charge in [0.05, 0.1) is 21.8 Å².